The molecule has 0 spiro atoms. The van der Waals surface area contributed by atoms with E-state index in [1.54, 1.807) is 13.0 Å². The van der Waals surface area contributed by atoms with Crippen molar-refractivity contribution in [3.05, 3.63) is 120 Å². The number of nitriles is 2. The summed E-state index contributed by atoms with van der Waals surface area (Å²) < 4.78 is 197. The van der Waals surface area contributed by atoms with E-state index in [9.17, 15) is 54.4 Å². The summed E-state index contributed by atoms with van der Waals surface area (Å²) in [6.45, 7) is 4.25. The van der Waals surface area contributed by atoms with Crippen LogP contribution < -0.4 is 0 Å². The van der Waals surface area contributed by atoms with Crippen LogP contribution in [0.5, 0.6) is 0 Å². The number of hydrogen-bond acceptors (Lipinski definition) is 2. The van der Waals surface area contributed by atoms with E-state index < -0.39 is 109 Å². The largest absolute Gasteiger partial charge is 0.422 e. The van der Waals surface area contributed by atoms with Crippen molar-refractivity contribution in [1.29, 1.82) is 10.5 Å². The minimum Gasteiger partial charge on any atom is -0.203 e. The molecule has 4 rings (SSSR count). The summed E-state index contributed by atoms with van der Waals surface area (Å²) in [7, 11) is 0. The van der Waals surface area contributed by atoms with Crippen molar-refractivity contribution in [2.45, 2.75) is 33.1 Å². The average molecular weight is 678 g/mol. The van der Waals surface area contributed by atoms with Crippen molar-refractivity contribution in [3.63, 3.8) is 0 Å². The van der Waals surface area contributed by atoms with Gasteiger partial charge in [-0.15, -0.1) is 0 Å². The molecular weight excluding hydrogens is 666 g/mol. The number of aryl methyl sites for hydroxylation is 2. The van der Waals surface area contributed by atoms with E-state index in [0.717, 1.165) is 12.1 Å². The summed E-state index contributed by atoms with van der Waals surface area (Å²) in [6.07, 6.45) is -12.0. The van der Waals surface area contributed by atoms with Crippen LogP contribution in [0, 0.1) is 83.0 Å². The highest BCUT2D eigenvalue weighted by atomic mass is 19.4. The van der Waals surface area contributed by atoms with Crippen LogP contribution in [0.15, 0.2) is 34.9 Å². The van der Waals surface area contributed by atoms with Crippen LogP contribution in [0.25, 0.3) is 16.7 Å². The maximum Gasteiger partial charge on any atom is 0.422 e. The van der Waals surface area contributed by atoms with Gasteiger partial charge in [0.2, 0.25) is 0 Å². The van der Waals surface area contributed by atoms with Crippen LogP contribution in [0.4, 0.5) is 61.5 Å². The molecule has 3 aromatic rings. The number of alkyl halides is 6. The first-order valence-electron chi connectivity index (χ1n) is 12.6. The van der Waals surface area contributed by atoms with Gasteiger partial charge in [-0.2, -0.15) is 36.9 Å². The van der Waals surface area contributed by atoms with Gasteiger partial charge >= 0.3 is 12.4 Å². The van der Waals surface area contributed by atoms with Crippen LogP contribution >= 0.6 is 0 Å². The van der Waals surface area contributed by atoms with Gasteiger partial charge in [-0.1, -0.05) is 23.8 Å². The molecule has 244 valence electrons. The third kappa shape index (κ3) is 5.51. The van der Waals surface area contributed by atoms with E-state index >= 15 is 17.6 Å². The number of allylic oxidation sites excluding steroid dienone is 6. The zero-order valence-corrected chi connectivity index (χ0v) is 23.4. The quantitative estimate of drug-likeness (QED) is 0.157. The first kappa shape index (κ1) is 34.7. The molecule has 1 saturated carbocycles. The maximum absolute atomic E-state index is 15.1. The second-order valence-electron chi connectivity index (χ2n) is 10.0. The predicted molar refractivity (Wildman–Crippen MR) is 136 cm³/mol. The number of hydrogen-bond donors (Lipinski definition) is 0. The lowest BCUT2D eigenvalue weighted by Gasteiger charge is -2.14. The molecule has 0 heterocycles. The Bertz CT molecular complexity index is 1910. The highest BCUT2D eigenvalue weighted by molar-refractivity contribution is 6.10. The lowest BCUT2D eigenvalue weighted by Crippen LogP contribution is -2.17. The van der Waals surface area contributed by atoms with Crippen molar-refractivity contribution in [2.75, 3.05) is 0 Å². The Morgan fingerprint density at radius 1 is 0.553 bits per heavy atom. The topological polar surface area (TPSA) is 47.6 Å². The molecule has 3 aromatic carbocycles. The van der Waals surface area contributed by atoms with Crippen LogP contribution in [0.2, 0.25) is 0 Å². The molecule has 0 aliphatic heterocycles. The van der Waals surface area contributed by atoms with Crippen LogP contribution in [-0.4, -0.2) is 0 Å². The van der Waals surface area contributed by atoms with Crippen molar-refractivity contribution in [3.8, 4) is 12.1 Å². The Morgan fingerprint density at radius 2 is 0.894 bits per heavy atom. The van der Waals surface area contributed by atoms with E-state index in [1.165, 1.54) is 26.0 Å². The highest BCUT2D eigenvalue weighted by Gasteiger charge is 2.48. The summed E-state index contributed by atoms with van der Waals surface area (Å²) >= 11 is 0. The average Bonchev–Trinajstić information content (AvgIpc) is 3.69. The Labute approximate surface area is 254 Å². The molecule has 0 aromatic heterocycles. The van der Waals surface area contributed by atoms with Crippen molar-refractivity contribution in [2.24, 2.45) is 0 Å². The van der Waals surface area contributed by atoms with Gasteiger partial charge in [0, 0.05) is 11.1 Å². The van der Waals surface area contributed by atoms with Crippen LogP contribution in [0.1, 0.15) is 45.9 Å². The second kappa shape index (κ2) is 11.6. The molecule has 0 atom stereocenters. The zero-order chi connectivity index (χ0) is 35.7. The normalized spacial score (nSPS) is 15.3. The SMILES string of the molecule is CC(=C1C(=C(C#N)c2c(F)c(F)c(C(F)(F)F)c(F)c2F)C1=C(C#N)c1c(F)c(F)c(C(F)(F)F)c(F)c1F)c1cc(C)ccc1C. The summed E-state index contributed by atoms with van der Waals surface area (Å²) in [5.74, 6) is -23.0. The summed E-state index contributed by atoms with van der Waals surface area (Å²) in [6, 6.07) is 6.75. The predicted octanol–water partition coefficient (Wildman–Crippen LogP) is 10.2. The van der Waals surface area contributed by atoms with Gasteiger partial charge < -0.3 is 0 Å². The van der Waals surface area contributed by atoms with E-state index in [0.29, 0.717) is 11.1 Å². The summed E-state index contributed by atoms with van der Waals surface area (Å²) in [4.78, 5) is 0. The van der Waals surface area contributed by atoms with Crippen molar-refractivity contribution in [1.82, 2.24) is 0 Å². The molecule has 0 radical (unpaired) electrons. The van der Waals surface area contributed by atoms with Crippen LogP contribution in [-0.2, 0) is 12.4 Å². The minimum atomic E-state index is -5.98. The molecule has 0 N–H and O–H groups in total. The second-order valence-corrected chi connectivity index (χ2v) is 10.0. The Balaban J connectivity index is 2.26. The summed E-state index contributed by atoms with van der Waals surface area (Å²) in [5.41, 5.74) is -14.7. The number of nitrogens with zero attached hydrogens (tertiary/aromatic N) is 2. The van der Waals surface area contributed by atoms with Gasteiger partial charge in [0.15, 0.2) is 46.5 Å². The number of benzene rings is 3. The molecule has 16 heteroatoms. The summed E-state index contributed by atoms with van der Waals surface area (Å²) in [5, 5.41) is 19.7. The van der Waals surface area contributed by atoms with Crippen molar-refractivity contribution >= 4 is 16.7 Å². The van der Waals surface area contributed by atoms with Gasteiger partial charge in [0.1, 0.15) is 23.3 Å². The fraction of sp³-hybridized carbons (Fsp3) is 0.161. The monoisotopic (exact) mass is 678 g/mol. The van der Waals surface area contributed by atoms with E-state index in [4.69, 9.17) is 0 Å². The molecule has 0 amide bonds. The Hall–Kier alpha value is -5.12. The van der Waals surface area contributed by atoms with Gasteiger partial charge in [0.05, 0.1) is 22.3 Å². The van der Waals surface area contributed by atoms with Crippen molar-refractivity contribution < 1.29 is 61.5 Å². The lowest BCUT2D eigenvalue weighted by atomic mass is 9.97. The van der Waals surface area contributed by atoms with Gasteiger partial charge in [-0.05, 0) is 43.0 Å². The lowest BCUT2D eigenvalue weighted by molar-refractivity contribution is -0.144. The smallest absolute Gasteiger partial charge is 0.203 e. The molecular formula is C31H12F14N2. The first-order valence-corrected chi connectivity index (χ1v) is 12.6. The van der Waals surface area contributed by atoms with Gasteiger partial charge in [-0.3, -0.25) is 0 Å². The Kier molecular flexibility index (Phi) is 8.57. The fourth-order valence-corrected chi connectivity index (χ4v) is 5.01. The standard InChI is InChI=1S/C31H12F14N2/c1-9-4-5-10(2)12(6-9)11(3)15-16(13(7-46)18-22(32)26(36)20(30(40,41)42)27(37)23(18)33)17(15)14(8-47)19-24(34)28(38)21(31(43,44)45)29(39)25(19)35/h4-6H,1-3H3. The number of rotatable bonds is 3. The molecule has 1 aliphatic carbocycles. The van der Waals surface area contributed by atoms with Crippen LogP contribution in [0.3, 0.4) is 0 Å². The van der Waals surface area contributed by atoms with Gasteiger partial charge in [0.25, 0.3) is 0 Å². The molecule has 1 aliphatic rings. The van der Waals surface area contributed by atoms with Gasteiger partial charge in [-0.25, -0.2) is 35.1 Å². The third-order valence-corrected chi connectivity index (χ3v) is 7.18. The zero-order valence-electron chi connectivity index (χ0n) is 23.4. The molecule has 0 unspecified atom stereocenters. The third-order valence-electron chi connectivity index (χ3n) is 7.18. The van der Waals surface area contributed by atoms with E-state index in [1.807, 2.05) is 0 Å². The molecule has 47 heavy (non-hydrogen) atoms. The fourth-order valence-electron chi connectivity index (χ4n) is 5.01. The maximum atomic E-state index is 15.1. The van der Waals surface area contributed by atoms with E-state index in [2.05, 4.69) is 0 Å². The Morgan fingerprint density at radius 3 is 1.19 bits per heavy atom. The highest BCUT2D eigenvalue weighted by Crippen LogP contribution is 2.57. The molecule has 1 fully saturated rings. The van der Waals surface area contributed by atoms with E-state index in [-0.39, 0.29) is 11.1 Å². The molecule has 2 nitrogen and oxygen atoms in total. The number of halogens is 14. The first-order chi connectivity index (χ1) is 21.6. The minimum absolute atomic E-state index is 0.112. The molecule has 0 saturated heterocycles. The molecule has 0 bridgehead atoms.